The second-order valence-corrected chi connectivity index (χ2v) is 4.93. The Bertz CT molecular complexity index is 629. The number of benzene rings is 2. The Labute approximate surface area is 107 Å². The molecule has 0 aliphatic heterocycles. The van der Waals surface area contributed by atoms with Gasteiger partial charge in [0, 0.05) is 22.9 Å². The molecule has 3 rings (SSSR count). The highest BCUT2D eigenvalue weighted by atomic mass is 16.1. The minimum atomic E-state index is 0.132. The van der Waals surface area contributed by atoms with Crippen molar-refractivity contribution in [1.82, 2.24) is 0 Å². The van der Waals surface area contributed by atoms with Crippen molar-refractivity contribution < 1.29 is 4.79 Å². The first-order valence-corrected chi connectivity index (χ1v) is 6.21. The van der Waals surface area contributed by atoms with E-state index in [-0.39, 0.29) is 5.78 Å². The summed E-state index contributed by atoms with van der Waals surface area (Å²) in [4.78, 5) is 12.3. The highest BCUT2D eigenvalue weighted by Crippen LogP contribution is 2.37. The van der Waals surface area contributed by atoms with Crippen LogP contribution in [0.1, 0.15) is 29.8 Å². The zero-order valence-electron chi connectivity index (χ0n) is 10.5. The van der Waals surface area contributed by atoms with Gasteiger partial charge >= 0.3 is 0 Å². The fourth-order valence-electron chi connectivity index (χ4n) is 2.45. The van der Waals surface area contributed by atoms with Crippen LogP contribution in [0.25, 0.3) is 11.1 Å². The molecule has 90 valence electrons. The summed E-state index contributed by atoms with van der Waals surface area (Å²) in [7, 11) is 0. The molecule has 0 heterocycles. The van der Waals surface area contributed by atoms with Gasteiger partial charge in [0.05, 0.1) is 0 Å². The molecule has 0 atom stereocenters. The van der Waals surface area contributed by atoms with Crippen LogP contribution >= 0.6 is 0 Å². The Morgan fingerprint density at radius 3 is 2.28 bits per heavy atom. The van der Waals surface area contributed by atoms with Gasteiger partial charge < -0.3 is 5.32 Å². The lowest BCUT2D eigenvalue weighted by Gasteiger charge is -2.11. The van der Waals surface area contributed by atoms with E-state index in [1.807, 2.05) is 42.5 Å². The molecule has 0 radical (unpaired) electrons. The summed E-state index contributed by atoms with van der Waals surface area (Å²) in [5.41, 5.74) is 4.72. The molecule has 2 nitrogen and oxygen atoms in total. The Hall–Kier alpha value is -2.09. The summed E-state index contributed by atoms with van der Waals surface area (Å²) in [6, 6.07) is 14.2. The number of fused-ring (bicyclic) bond motifs is 3. The first kappa shape index (κ1) is 11.0. The van der Waals surface area contributed by atoms with Crippen LogP contribution in [0, 0.1) is 0 Å². The van der Waals surface area contributed by atoms with Gasteiger partial charge in [0.15, 0.2) is 5.78 Å². The average molecular weight is 237 g/mol. The summed E-state index contributed by atoms with van der Waals surface area (Å²) < 4.78 is 0. The summed E-state index contributed by atoms with van der Waals surface area (Å²) in [5, 5.41) is 3.33. The minimum Gasteiger partial charge on any atom is -0.383 e. The summed E-state index contributed by atoms with van der Waals surface area (Å²) in [5.74, 6) is 0.132. The number of rotatable bonds is 2. The maximum absolute atomic E-state index is 12.3. The minimum absolute atomic E-state index is 0.132. The van der Waals surface area contributed by atoms with E-state index in [0.29, 0.717) is 6.04 Å². The molecule has 1 aliphatic carbocycles. The van der Waals surface area contributed by atoms with Gasteiger partial charge in [-0.3, -0.25) is 4.79 Å². The molecule has 0 bridgehead atoms. The van der Waals surface area contributed by atoms with Crippen molar-refractivity contribution in [3.63, 3.8) is 0 Å². The predicted octanol–water partition coefficient (Wildman–Crippen LogP) is 3.72. The third kappa shape index (κ3) is 1.61. The number of carbonyl (C=O) groups excluding carboxylic acids is 1. The second kappa shape index (κ2) is 3.98. The number of ketones is 1. The van der Waals surface area contributed by atoms with Crippen LogP contribution < -0.4 is 5.32 Å². The molecule has 2 heteroatoms. The van der Waals surface area contributed by atoms with E-state index in [1.54, 1.807) is 0 Å². The SMILES string of the molecule is CC(C)Nc1ccc2c(c1)C(=O)c1ccccc1-2. The quantitative estimate of drug-likeness (QED) is 0.736. The van der Waals surface area contributed by atoms with E-state index in [1.165, 1.54) is 0 Å². The van der Waals surface area contributed by atoms with E-state index < -0.39 is 0 Å². The highest BCUT2D eigenvalue weighted by molar-refractivity contribution is 6.22. The van der Waals surface area contributed by atoms with Crippen LogP contribution in [0.3, 0.4) is 0 Å². The molecule has 18 heavy (non-hydrogen) atoms. The first-order valence-electron chi connectivity index (χ1n) is 6.21. The maximum Gasteiger partial charge on any atom is 0.194 e. The first-order chi connectivity index (χ1) is 8.66. The van der Waals surface area contributed by atoms with Gasteiger partial charge in [-0.25, -0.2) is 0 Å². The second-order valence-electron chi connectivity index (χ2n) is 4.93. The molecule has 1 N–H and O–H groups in total. The smallest absolute Gasteiger partial charge is 0.194 e. The molecule has 0 amide bonds. The van der Waals surface area contributed by atoms with E-state index >= 15 is 0 Å². The van der Waals surface area contributed by atoms with Crippen LogP contribution in [0.15, 0.2) is 42.5 Å². The molecule has 0 saturated carbocycles. The average Bonchev–Trinajstić information content (AvgIpc) is 2.63. The Morgan fingerprint density at radius 2 is 1.56 bits per heavy atom. The maximum atomic E-state index is 12.3. The molecule has 0 unspecified atom stereocenters. The molecule has 1 aliphatic rings. The molecule has 0 aromatic heterocycles. The Kier molecular flexibility index (Phi) is 2.44. The molecule has 2 aromatic rings. The predicted molar refractivity (Wildman–Crippen MR) is 74.1 cm³/mol. The van der Waals surface area contributed by atoms with Gasteiger partial charge in [0.2, 0.25) is 0 Å². The van der Waals surface area contributed by atoms with Gasteiger partial charge in [0.1, 0.15) is 0 Å². The van der Waals surface area contributed by atoms with Crippen molar-refractivity contribution in [2.75, 3.05) is 5.32 Å². The van der Waals surface area contributed by atoms with Crippen LogP contribution in [0.4, 0.5) is 5.69 Å². The van der Waals surface area contributed by atoms with Crippen LogP contribution in [-0.4, -0.2) is 11.8 Å². The van der Waals surface area contributed by atoms with Gasteiger partial charge in [0.25, 0.3) is 0 Å². The van der Waals surface area contributed by atoms with E-state index in [9.17, 15) is 4.79 Å². The van der Waals surface area contributed by atoms with Crippen molar-refractivity contribution in [2.45, 2.75) is 19.9 Å². The summed E-state index contributed by atoms with van der Waals surface area (Å²) >= 11 is 0. The molecular formula is C16H15NO. The zero-order chi connectivity index (χ0) is 12.7. The summed E-state index contributed by atoms with van der Waals surface area (Å²) in [6.07, 6.45) is 0. The zero-order valence-corrected chi connectivity index (χ0v) is 10.5. The Balaban J connectivity index is 2.11. The molecular weight excluding hydrogens is 222 g/mol. The number of hydrogen-bond donors (Lipinski definition) is 1. The molecule has 0 saturated heterocycles. The lowest BCUT2D eigenvalue weighted by atomic mass is 10.1. The van der Waals surface area contributed by atoms with Crippen molar-refractivity contribution in [3.8, 4) is 11.1 Å². The third-order valence-electron chi connectivity index (χ3n) is 3.18. The van der Waals surface area contributed by atoms with Gasteiger partial charge in [-0.2, -0.15) is 0 Å². The highest BCUT2D eigenvalue weighted by Gasteiger charge is 2.26. The van der Waals surface area contributed by atoms with Crippen molar-refractivity contribution in [1.29, 1.82) is 0 Å². The normalized spacial score (nSPS) is 12.5. The lowest BCUT2D eigenvalue weighted by molar-refractivity contribution is 0.104. The van der Waals surface area contributed by atoms with Crippen LogP contribution in [0.5, 0.6) is 0 Å². The standard InChI is InChI=1S/C16H15NO/c1-10(2)17-11-7-8-13-12-5-3-4-6-14(12)16(18)15(13)9-11/h3-10,17H,1-2H3. The Morgan fingerprint density at radius 1 is 0.889 bits per heavy atom. The third-order valence-corrected chi connectivity index (χ3v) is 3.18. The van der Waals surface area contributed by atoms with Gasteiger partial charge in [-0.15, -0.1) is 0 Å². The number of hydrogen-bond acceptors (Lipinski definition) is 2. The fraction of sp³-hybridized carbons (Fsp3) is 0.188. The number of nitrogens with one attached hydrogen (secondary N) is 1. The van der Waals surface area contributed by atoms with E-state index in [2.05, 4.69) is 19.2 Å². The molecule has 0 spiro atoms. The summed E-state index contributed by atoms with van der Waals surface area (Å²) in [6.45, 7) is 4.17. The fourth-order valence-corrected chi connectivity index (χ4v) is 2.45. The van der Waals surface area contributed by atoms with Crippen LogP contribution in [-0.2, 0) is 0 Å². The van der Waals surface area contributed by atoms with Crippen molar-refractivity contribution in [2.24, 2.45) is 0 Å². The largest absolute Gasteiger partial charge is 0.383 e. The van der Waals surface area contributed by atoms with Crippen molar-refractivity contribution >= 4 is 11.5 Å². The van der Waals surface area contributed by atoms with Crippen molar-refractivity contribution in [3.05, 3.63) is 53.6 Å². The number of carbonyl (C=O) groups is 1. The molecule has 0 fully saturated rings. The topological polar surface area (TPSA) is 29.1 Å². The van der Waals surface area contributed by atoms with Gasteiger partial charge in [-0.05, 0) is 37.1 Å². The van der Waals surface area contributed by atoms with E-state index in [0.717, 1.165) is 27.9 Å². The van der Waals surface area contributed by atoms with Crippen LogP contribution in [0.2, 0.25) is 0 Å². The van der Waals surface area contributed by atoms with Gasteiger partial charge in [-0.1, -0.05) is 30.3 Å². The lowest BCUT2D eigenvalue weighted by Crippen LogP contribution is -2.10. The number of anilines is 1. The monoisotopic (exact) mass is 237 g/mol. The molecule has 2 aromatic carbocycles. The van der Waals surface area contributed by atoms with E-state index in [4.69, 9.17) is 0 Å².